The number of fused-ring (bicyclic) bond motifs is 6. The molecule has 2 N–H and O–H groups in total. The van der Waals surface area contributed by atoms with Crippen molar-refractivity contribution in [2.45, 2.75) is 0 Å². The highest BCUT2D eigenvalue weighted by Crippen LogP contribution is 2.43. The van der Waals surface area contributed by atoms with Crippen LogP contribution >= 0.6 is 0 Å². The molecule has 0 bridgehead atoms. The van der Waals surface area contributed by atoms with Gasteiger partial charge in [0.1, 0.15) is 11.4 Å². The summed E-state index contributed by atoms with van der Waals surface area (Å²) < 4.78 is 130. The van der Waals surface area contributed by atoms with Gasteiger partial charge in [0.15, 0.2) is 46.5 Å². The molecular formula is C48H26F8N4. The number of hydrogen-bond acceptors (Lipinski definition) is 2. The van der Waals surface area contributed by atoms with Crippen molar-refractivity contribution < 1.29 is 35.1 Å². The molecule has 4 nitrogen and oxygen atoms in total. The van der Waals surface area contributed by atoms with E-state index < -0.39 is 69.0 Å². The van der Waals surface area contributed by atoms with Gasteiger partial charge in [-0.3, -0.25) is 0 Å². The van der Waals surface area contributed by atoms with Crippen molar-refractivity contribution in [3.63, 3.8) is 0 Å². The number of nitrogens with one attached hydrogen (secondary N) is 2. The Balaban J connectivity index is 1.02. The van der Waals surface area contributed by atoms with Gasteiger partial charge in [-0.2, -0.15) is 0 Å². The molecule has 0 spiro atoms. The number of rotatable bonds is 7. The third-order valence-corrected chi connectivity index (χ3v) is 10.7. The lowest BCUT2D eigenvalue weighted by atomic mass is 9.99. The van der Waals surface area contributed by atoms with E-state index in [0.717, 1.165) is 33.2 Å². The molecule has 60 heavy (non-hydrogen) atoms. The van der Waals surface area contributed by atoms with Gasteiger partial charge in [0.05, 0.1) is 33.2 Å². The van der Waals surface area contributed by atoms with Crippen molar-refractivity contribution in [3.05, 3.63) is 192 Å². The van der Waals surface area contributed by atoms with Gasteiger partial charge in [0.2, 0.25) is 0 Å². The summed E-state index contributed by atoms with van der Waals surface area (Å²) in [6.07, 6.45) is 0. The first-order chi connectivity index (χ1) is 29.1. The summed E-state index contributed by atoms with van der Waals surface area (Å²) in [4.78, 5) is 0. The fourth-order valence-corrected chi connectivity index (χ4v) is 8.02. The van der Waals surface area contributed by atoms with Crippen molar-refractivity contribution in [1.29, 1.82) is 0 Å². The Labute approximate surface area is 335 Å². The fourth-order valence-electron chi connectivity index (χ4n) is 8.02. The first-order valence-electron chi connectivity index (χ1n) is 18.6. The predicted octanol–water partition coefficient (Wildman–Crippen LogP) is 14.1. The Kier molecular flexibility index (Phi) is 8.60. The summed E-state index contributed by atoms with van der Waals surface area (Å²) in [6.45, 7) is 0. The van der Waals surface area contributed by atoms with Crippen LogP contribution in [0.15, 0.2) is 146 Å². The van der Waals surface area contributed by atoms with Crippen molar-refractivity contribution in [1.82, 2.24) is 9.13 Å². The molecule has 10 rings (SSSR count). The van der Waals surface area contributed by atoms with E-state index in [1.165, 1.54) is 24.3 Å². The molecule has 0 aliphatic carbocycles. The summed E-state index contributed by atoms with van der Waals surface area (Å²) >= 11 is 0. The van der Waals surface area contributed by atoms with Gasteiger partial charge >= 0.3 is 0 Å². The summed E-state index contributed by atoms with van der Waals surface area (Å²) in [7, 11) is 0. The molecule has 2 heterocycles. The van der Waals surface area contributed by atoms with Crippen LogP contribution in [-0.2, 0) is 0 Å². The van der Waals surface area contributed by atoms with E-state index in [1.54, 1.807) is 24.3 Å². The minimum Gasteiger partial charge on any atom is -0.351 e. The zero-order valence-electron chi connectivity index (χ0n) is 30.8. The maximum absolute atomic E-state index is 15.8. The molecule has 0 radical (unpaired) electrons. The van der Waals surface area contributed by atoms with Crippen LogP contribution < -0.4 is 10.6 Å². The van der Waals surface area contributed by atoms with E-state index in [0.29, 0.717) is 21.8 Å². The molecule has 0 unspecified atom stereocenters. The Morgan fingerprint density at radius 2 is 0.617 bits per heavy atom. The third-order valence-electron chi connectivity index (χ3n) is 10.7. The molecular weight excluding hydrogens is 785 g/mol. The van der Waals surface area contributed by atoms with Crippen LogP contribution in [0.5, 0.6) is 0 Å². The number of hydrogen-bond donors (Lipinski definition) is 2. The average Bonchev–Trinajstić information content (AvgIpc) is 3.79. The zero-order chi connectivity index (χ0) is 41.4. The van der Waals surface area contributed by atoms with E-state index in [4.69, 9.17) is 0 Å². The Morgan fingerprint density at radius 1 is 0.300 bits per heavy atom. The van der Waals surface area contributed by atoms with Gasteiger partial charge in [0, 0.05) is 44.3 Å². The molecule has 2 aromatic heterocycles. The quantitative estimate of drug-likeness (QED) is 0.124. The maximum Gasteiger partial charge on any atom is 0.186 e. The van der Waals surface area contributed by atoms with E-state index >= 15 is 35.1 Å². The van der Waals surface area contributed by atoms with Crippen LogP contribution in [0.1, 0.15) is 0 Å². The van der Waals surface area contributed by atoms with Gasteiger partial charge in [-0.1, -0.05) is 72.8 Å². The number of para-hydroxylation sites is 4. The minimum atomic E-state index is -2.28. The molecule has 0 aliphatic heterocycles. The Morgan fingerprint density at radius 3 is 0.983 bits per heavy atom. The van der Waals surface area contributed by atoms with Gasteiger partial charge in [-0.05, 0) is 72.8 Å². The van der Waals surface area contributed by atoms with Gasteiger partial charge in [0.25, 0.3) is 0 Å². The third kappa shape index (κ3) is 5.58. The van der Waals surface area contributed by atoms with Crippen molar-refractivity contribution in [2.75, 3.05) is 10.6 Å². The monoisotopic (exact) mass is 810 g/mol. The minimum absolute atomic E-state index is 0.00973. The van der Waals surface area contributed by atoms with Crippen molar-refractivity contribution in [2.24, 2.45) is 0 Å². The largest absolute Gasteiger partial charge is 0.351 e. The second-order valence-corrected chi connectivity index (χ2v) is 14.1. The summed E-state index contributed by atoms with van der Waals surface area (Å²) in [5.74, 6) is -17.5. The van der Waals surface area contributed by atoms with Crippen LogP contribution in [0.25, 0.3) is 66.1 Å². The molecule has 0 fully saturated rings. The molecule has 12 heteroatoms. The summed E-state index contributed by atoms with van der Waals surface area (Å²) in [5.41, 5.74) is -1.85. The van der Waals surface area contributed by atoms with Gasteiger partial charge in [-0.25, -0.2) is 35.1 Å². The van der Waals surface area contributed by atoms with Crippen LogP contribution in [-0.4, -0.2) is 9.13 Å². The fraction of sp³-hybridized carbons (Fsp3) is 0. The number of aromatic nitrogens is 2. The lowest BCUT2D eigenvalue weighted by Gasteiger charge is -2.17. The molecule has 294 valence electrons. The zero-order valence-corrected chi connectivity index (χ0v) is 30.8. The number of benzene rings is 8. The SMILES string of the molecule is Fc1c(F)c(-c2c(F)c(F)c(Nc3ccc4c(c3)c3ccccc3n4-c3ccccc3)c(F)c2F)c(F)c(F)c1Nc1ccc2c(c1)c1ccccc1n2-c1ccccc1. The van der Waals surface area contributed by atoms with Gasteiger partial charge < -0.3 is 19.8 Å². The predicted molar refractivity (Wildman–Crippen MR) is 220 cm³/mol. The molecule has 10 aromatic rings. The molecule has 0 atom stereocenters. The molecule has 0 aliphatic rings. The molecule has 8 aromatic carbocycles. The lowest BCUT2D eigenvalue weighted by Crippen LogP contribution is -2.11. The number of nitrogens with zero attached hydrogens (tertiary/aromatic N) is 2. The average molecular weight is 811 g/mol. The standard InChI is InChI=1S/C48H26F8N4/c49-39-37(40(50)44(54)47(43(39)53)57-25-19-21-35-31(23-25)29-15-7-9-17-33(29)59(35)27-11-3-1-4-12-27)38-41(51)45(55)48(46(56)42(38)52)58-26-20-22-36-32(24-26)30-16-8-10-18-34(30)60(36)28-13-5-2-6-14-28/h1-24,57-58H. The van der Waals surface area contributed by atoms with E-state index in [-0.39, 0.29) is 11.4 Å². The van der Waals surface area contributed by atoms with Crippen LogP contribution in [0.2, 0.25) is 0 Å². The Hall–Kier alpha value is -7.60. The second kappa shape index (κ2) is 14.0. The van der Waals surface area contributed by atoms with E-state index in [1.807, 2.05) is 106 Å². The summed E-state index contributed by atoms with van der Waals surface area (Å²) in [5, 5.41) is 7.46. The van der Waals surface area contributed by atoms with E-state index in [2.05, 4.69) is 10.6 Å². The maximum atomic E-state index is 15.8. The van der Waals surface area contributed by atoms with Crippen LogP contribution in [0, 0.1) is 46.5 Å². The first-order valence-corrected chi connectivity index (χ1v) is 18.6. The summed E-state index contributed by atoms with van der Waals surface area (Å²) in [6, 6.07) is 42.7. The highest BCUT2D eigenvalue weighted by Gasteiger charge is 2.34. The van der Waals surface area contributed by atoms with Crippen LogP contribution in [0.4, 0.5) is 57.9 Å². The van der Waals surface area contributed by atoms with Gasteiger partial charge in [-0.15, -0.1) is 0 Å². The highest BCUT2D eigenvalue weighted by atomic mass is 19.2. The van der Waals surface area contributed by atoms with Crippen LogP contribution in [0.3, 0.4) is 0 Å². The smallest absolute Gasteiger partial charge is 0.186 e. The normalized spacial score (nSPS) is 11.7. The first kappa shape index (κ1) is 36.7. The topological polar surface area (TPSA) is 33.9 Å². The highest BCUT2D eigenvalue weighted by molar-refractivity contribution is 6.11. The molecule has 0 amide bonds. The number of halogens is 8. The Bertz CT molecular complexity index is 3080. The van der Waals surface area contributed by atoms with Crippen molar-refractivity contribution >= 4 is 66.4 Å². The van der Waals surface area contributed by atoms with E-state index in [9.17, 15) is 0 Å². The van der Waals surface area contributed by atoms with Crippen molar-refractivity contribution in [3.8, 4) is 22.5 Å². The second-order valence-electron chi connectivity index (χ2n) is 14.1. The number of anilines is 4. The lowest BCUT2D eigenvalue weighted by molar-refractivity contribution is 0.447. The molecule has 0 saturated heterocycles. The molecule has 0 saturated carbocycles.